The van der Waals surface area contributed by atoms with E-state index in [9.17, 15) is 9.90 Å². The van der Waals surface area contributed by atoms with Crippen LogP contribution < -0.4 is 33.5 Å². The van der Waals surface area contributed by atoms with Crippen LogP contribution in [0, 0.1) is 0 Å². The first kappa shape index (κ1) is 39.8. The molecule has 0 N–H and O–H groups in total. The van der Waals surface area contributed by atoms with Crippen molar-refractivity contribution in [3.63, 3.8) is 0 Å². The topological polar surface area (TPSA) is 98.8 Å². The zero-order valence-electron chi connectivity index (χ0n) is 31.1. The zero-order valence-corrected chi connectivity index (χ0v) is 32.7. The lowest BCUT2D eigenvalue weighted by Crippen LogP contribution is -2.53. The van der Waals surface area contributed by atoms with Gasteiger partial charge in [0, 0.05) is 48.9 Å². The van der Waals surface area contributed by atoms with Crippen LogP contribution in [0.4, 0.5) is 0 Å². The quantitative estimate of drug-likeness (QED) is 0.191. The van der Waals surface area contributed by atoms with Crippen molar-refractivity contribution >= 4 is 30.8 Å². The van der Waals surface area contributed by atoms with Crippen molar-refractivity contribution in [2.24, 2.45) is 0 Å². The van der Waals surface area contributed by atoms with E-state index in [0.29, 0.717) is 69.9 Å². The molecule has 12 heteroatoms. The Morgan fingerprint density at radius 1 is 0.811 bits per heavy atom. The van der Waals surface area contributed by atoms with Crippen LogP contribution in [0.5, 0.6) is 46.0 Å². The van der Waals surface area contributed by atoms with Crippen LogP contribution in [-0.4, -0.2) is 77.5 Å². The lowest BCUT2D eigenvalue weighted by atomic mass is 9.86. The number of benzene rings is 4. The number of hydrogen-bond acceptors (Lipinski definition) is 9. The van der Waals surface area contributed by atoms with Crippen molar-refractivity contribution in [1.29, 1.82) is 0 Å². The van der Waals surface area contributed by atoms with Crippen molar-refractivity contribution in [3.05, 3.63) is 94.0 Å². The second-order valence-corrected chi connectivity index (χ2v) is 14.0. The summed E-state index contributed by atoms with van der Waals surface area (Å²) in [4.78, 5) is 14.1. The third-order valence-corrected chi connectivity index (χ3v) is 11.1. The standard InChI is InChI=1S/C41H46N2O8.2ClH/c1-42-16-13-28-23-37(48-5)40(49-6)41-39(28)31(42)19-26-9-12-33(46-3)35(21-26)50-29-10-7-25(8-11-29)20-32-30-24-36(51-41)34(47-4)22-27(30)14-17-43(32,2)18-15-38(44)45;;/h7-12,21-24,31-32H,13-20H2,1-6H3;2*1H. The number of methoxy groups -OCH3 is 4. The number of halogens is 2. The average molecular weight is 768 g/mol. The fourth-order valence-corrected chi connectivity index (χ4v) is 8.13. The van der Waals surface area contributed by atoms with Gasteiger partial charge in [0.05, 0.1) is 48.6 Å². The summed E-state index contributed by atoms with van der Waals surface area (Å²) in [6.45, 7) is 2.07. The lowest BCUT2D eigenvalue weighted by Gasteiger charge is -2.46. The van der Waals surface area contributed by atoms with E-state index in [1.54, 1.807) is 28.4 Å². The van der Waals surface area contributed by atoms with E-state index in [1.165, 1.54) is 0 Å². The smallest absolute Gasteiger partial charge is 0.204 e. The van der Waals surface area contributed by atoms with Gasteiger partial charge in [0.2, 0.25) is 5.75 Å². The third-order valence-electron chi connectivity index (χ3n) is 11.1. The number of carboxylic acid groups (broad SMARTS) is 1. The molecule has 4 aliphatic rings. The third kappa shape index (κ3) is 7.69. The molecule has 0 aliphatic carbocycles. The van der Waals surface area contributed by atoms with Gasteiger partial charge in [0.25, 0.3) is 0 Å². The minimum Gasteiger partial charge on any atom is -0.550 e. The van der Waals surface area contributed by atoms with Gasteiger partial charge < -0.3 is 42.8 Å². The van der Waals surface area contributed by atoms with Gasteiger partial charge in [-0.05, 0) is 84.6 Å². The van der Waals surface area contributed by atoms with E-state index < -0.39 is 5.97 Å². The number of ether oxygens (including phenoxy) is 6. The van der Waals surface area contributed by atoms with Crippen LogP contribution >= 0.6 is 24.8 Å². The van der Waals surface area contributed by atoms with Gasteiger partial charge >= 0.3 is 0 Å². The number of fused-ring (bicyclic) bond motifs is 2. The fraction of sp³-hybridized carbons (Fsp3) is 0.390. The summed E-state index contributed by atoms with van der Waals surface area (Å²) >= 11 is 0. The maximum Gasteiger partial charge on any atom is 0.204 e. The minimum atomic E-state index is -1.05. The Hall–Kier alpha value is -4.35. The summed E-state index contributed by atoms with van der Waals surface area (Å²) < 4.78 is 37.7. The van der Waals surface area contributed by atoms with Crippen molar-refractivity contribution in [1.82, 2.24) is 4.90 Å². The second kappa shape index (κ2) is 16.3. The maximum atomic E-state index is 11.7. The predicted molar refractivity (Wildman–Crippen MR) is 205 cm³/mol. The summed E-state index contributed by atoms with van der Waals surface area (Å²) in [6.07, 6.45) is 2.89. The SMILES string of the molecule is COc1ccc2cc1Oc1ccc(cc1)CC1c3cc(c(OC)cc3CC[N+]1(C)CCC(=O)[O-])Oc1c(OC)c(OC)cc3c1C(C2)N(C)CC3.Cl.Cl. The fourth-order valence-electron chi connectivity index (χ4n) is 8.13. The number of carboxylic acids is 1. The largest absolute Gasteiger partial charge is 0.550 e. The summed E-state index contributed by atoms with van der Waals surface area (Å²) in [6, 6.07) is 20.3. The first-order valence-corrected chi connectivity index (χ1v) is 17.5. The molecule has 0 spiro atoms. The van der Waals surface area contributed by atoms with Crippen molar-refractivity contribution in [2.45, 2.75) is 44.2 Å². The van der Waals surface area contributed by atoms with Crippen molar-refractivity contribution in [3.8, 4) is 46.0 Å². The molecule has 3 unspecified atom stereocenters. The van der Waals surface area contributed by atoms with Crippen LogP contribution in [0.15, 0.2) is 60.7 Å². The molecule has 0 radical (unpaired) electrons. The molecule has 3 atom stereocenters. The molecule has 0 saturated carbocycles. The molecule has 284 valence electrons. The Kier molecular flexibility index (Phi) is 12.3. The van der Waals surface area contributed by atoms with Gasteiger partial charge in [0.1, 0.15) is 11.8 Å². The number of quaternary nitrogens is 1. The summed E-state index contributed by atoms with van der Waals surface area (Å²) in [7, 11) is 10.9. The van der Waals surface area contributed by atoms with Crippen molar-refractivity contribution < 1.29 is 42.8 Å². The highest BCUT2D eigenvalue weighted by molar-refractivity contribution is 5.85. The van der Waals surface area contributed by atoms with Crippen LogP contribution in [-0.2, 0) is 30.5 Å². The Morgan fingerprint density at radius 3 is 2.17 bits per heavy atom. The Bertz CT molecular complexity index is 1960. The van der Waals surface area contributed by atoms with Gasteiger partial charge in [0.15, 0.2) is 34.5 Å². The number of carbonyl (C=O) groups excluding carboxylic acids is 1. The molecule has 0 fully saturated rings. The maximum absolute atomic E-state index is 11.7. The van der Waals surface area contributed by atoms with E-state index in [2.05, 4.69) is 61.5 Å². The molecule has 6 bridgehead atoms. The summed E-state index contributed by atoms with van der Waals surface area (Å²) in [5.41, 5.74) is 6.60. The zero-order chi connectivity index (χ0) is 35.9. The number of aliphatic carboxylic acids is 1. The van der Waals surface area contributed by atoms with Gasteiger partial charge in [-0.1, -0.05) is 18.2 Å². The van der Waals surface area contributed by atoms with Crippen LogP contribution in [0.25, 0.3) is 0 Å². The van der Waals surface area contributed by atoms with E-state index >= 15 is 0 Å². The molecule has 53 heavy (non-hydrogen) atoms. The highest BCUT2D eigenvalue weighted by Gasteiger charge is 2.40. The molecule has 4 aromatic rings. The number of nitrogens with zero attached hydrogens (tertiary/aromatic N) is 2. The molecule has 0 amide bonds. The summed E-state index contributed by atoms with van der Waals surface area (Å²) in [5.74, 6) is 3.81. The molecule has 10 nitrogen and oxygen atoms in total. The molecular weight excluding hydrogens is 719 g/mol. The van der Waals surface area contributed by atoms with Gasteiger partial charge in [-0.25, -0.2) is 0 Å². The van der Waals surface area contributed by atoms with Gasteiger partial charge in [-0.15, -0.1) is 24.8 Å². The second-order valence-electron chi connectivity index (χ2n) is 14.0. The number of likely N-dealkylation sites (N-methyl/N-ethyl adjacent to an activating group) is 2. The van der Waals surface area contributed by atoms with Crippen LogP contribution in [0.1, 0.15) is 51.9 Å². The molecular formula is C41H48Cl2N2O8. The number of hydrogen-bond donors (Lipinski definition) is 0. The summed E-state index contributed by atoms with van der Waals surface area (Å²) in [5, 5.41) is 11.7. The minimum absolute atomic E-state index is 0. The monoisotopic (exact) mass is 766 g/mol. The molecule has 4 aromatic carbocycles. The predicted octanol–water partition coefficient (Wildman–Crippen LogP) is 6.66. The van der Waals surface area contributed by atoms with Crippen LogP contribution in [0.2, 0.25) is 0 Å². The number of rotatable bonds is 7. The van der Waals surface area contributed by atoms with E-state index in [1.807, 2.05) is 18.2 Å². The first-order valence-electron chi connectivity index (χ1n) is 17.5. The molecule has 0 saturated heterocycles. The van der Waals surface area contributed by atoms with Crippen LogP contribution in [0.3, 0.4) is 0 Å². The van der Waals surface area contributed by atoms with Crippen molar-refractivity contribution in [2.75, 3.05) is 62.2 Å². The highest BCUT2D eigenvalue weighted by Crippen LogP contribution is 2.52. The van der Waals surface area contributed by atoms with Gasteiger partial charge in [-0.3, -0.25) is 4.90 Å². The Morgan fingerprint density at radius 2 is 1.49 bits per heavy atom. The van der Waals surface area contributed by atoms with E-state index in [0.717, 1.165) is 59.3 Å². The number of carbonyl (C=O) groups is 1. The molecule has 8 rings (SSSR count). The average Bonchev–Trinajstić information content (AvgIpc) is 3.13. The van der Waals surface area contributed by atoms with E-state index in [4.69, 9.17) is 28.4 Å². The molecule has 4 aliphatic heterocycles. The van der Waals surface area contributed by atoms with Gasteiger partial charge in [-0.2, -0.15) is 0 Å². The Balaban J connectivity index is 0.00000271. The highest BCUT2D eigenvalue weighted by atomic mass is 35.5. The van der Waals surface area contributed by atoms with E-state index in [-0.39, 0.29) is 43.3 Å². The normalized spacial score (nSPS) is 20.1. The molecule has 0 aromatic heterocycles. The first-order chi connectivity index (χ1) is 24.6. The Labute approximate surface area is 323 Å². The lowest BCUT2D eigenvalue weighted by molar-refractivity contribution is -0.941. The molecule has 4 heterocycles.